The molecule has 106 valence electrons. The van der Waals surface area contributed by atoms with Gasteiger partial charge in [0.25, 0.3) is 0 Å². The fourth-order valence-corrected chi connectivity index (χ4v) is 2.84. The van der Waals surface area contributed by atoms with E-state index in [1.165, 1.54) is 6.42 Å². The largest absolute Gasteiger partial charge is 0.365 e. The van der Waals surface area contributed by atoms with E-state index in [9.17, 15) is 0 Å². The SMILES string of the molecule is C=CCN1CC[C@H](C)[C@@H](Nc2ncnc3[nH]ccc23)C1. The molecule has 2 aromatic heterocycles. The first-order valence-corrected chi connectivity index (χ1v) is 7.16. The Labute approximate surface area is 119 Å². The minimum Gasteiger partial charge on any atom is -0.365 e. The molecular weight excluding hydrogens is 250 g/mol. The summed E-state index contributed by atoms with van der Waals surface area (Å²) in [7, 11) is 0. The highest BCUT2D eigenvalue weighted by Gasteiger charge is 2.26. The molecule has 3 rings (SSSR count). The Kier molecular flexibility index (Phi) is 3.69. The lowest BCUT2D eigenvalue weighted by molar-refractivity contribution is 0.193. The summed E-state index contributed by atoms with van der Waals surface area (Å²) in [4.78, 5) is 14.2. The second kappa shape index (κ2) is 5.63. The maximum atomic E-state index is 4.40. The Morgan fingerprint density at radius 2 is 2.45 bits per heavy atom. The second-order valence-electron chi connectivity index (χ2n) is 5.53. The zero-order valence-electron chi connectivity index (χ0n) is 11.8. The number of nitrogens with one attached hydrogen (secondary N) is 2. The summed E-state index contributed by atoms with van der Waals surface area (Å²) in [6.45, 7) is 9.26. The van der Waals surface area contributed by atoms with Crippen LogP contribution in [0, 0.1) is 5.92 Å². The molecule has 2 aromatic rings. The highest BCUT2D eigenvalue weighted by molar-refractivity contribution is 5.86. The molecule has 0 radical (unpaired) electrons. The number of rotatable bonds is 4. The fraction of sp³-hybridized carbons (Fsp3) is 0.467. The fourth-order valence-electron chi connectivity index (χ4n) is 2.84. The maximum Gasteiger partial charge on any atom is 0.142 e. The van der Waals surface area contributed by atoms with Gasteiger partial charge in [-0.25, -0.2) is 9.97 Å². The third-order valence-corrected chi connectivity index (χ3v) is 4.11. The van der Waals surface area contributed by atoms with Gasteiger partial charge in [0, 0.05) is 25.3 Å². The number of anilines is 1. The number of H-pyrrole nitrogens is 1. The van der Waals surface area contributed by atoms with Crippen molar-refractivity contribution in [3.63, 3.8) is 0 Å². The van der Waals surface area contributed by atoms with Crippen molar-refractivity contribution in [3.8, 4) is 0 Å². The van der Waals surface area contributed by atoms with E-state index in [1.807, 2.05) is 18.3 Å². The van der Waals surface area contributed by atoms with E-state index in [1.54, 1.807) is 6.33 Å². The molecule has 1 aliphatic heterocycles. The number of piperidine rings is 1. The smallest absolute Gasteiger partial charge is 0.142 e. The lowest BCUT2D eigenvalue weighted by Crippen LogP contribution is -2.46. The van der Waals surface area contributed by atoms with Crippen LogP contribution in [0.15, 0.2) is 31.2 Å². The van der Waals surface area contributed by atoms with Crippen molar-refractivity contribution in [3.05, 3.63) is 31.2 Å². The van der Waals surface area contributed by atoms with Gasteiger partial charge in [-0.05, 0) is 24.9 Å². The van der Waals surface area contributed by atoms with Gasteiger partial charge < -0.3 is 10.3 Å². The molecular formula is C15H21N5. The average Bonchev–Trinajstić information content (AvgIpc) is 2.92. The normalized spacial score (nSPS) is 23.9. The maximum absolute atomic E-state index is 4.40. The number of hydrogen-bond acceptors (Lipinski definition) is 4. The van der Waals surface area contributed by atoms with E-state index >= 15 is 0 Å². The van der Waals surface area contributed by atoms with Crippen LogP contribution in [-0.4, -0.2) is 45.5 Å². The van der Waals surface area contributed by atoms with Crippen LogP contribution in [0.1, 0.15) is 13.3 Å². The standard InChI is InChI=1S/C15H21N5/c1-3-7-20-8-5-11(2)13(9-20)19-15-12-4-6-16-14(12)17-10-18-15/h3-4,6,10-11,13H,1,5,7-9H2,2H3,(H2,16,17,18,19)/t11-,13-/m0/s1. The van der Waals surface area contributed by atoms with Crippen LogP contribution in [0.2, 0.25) is 0 Å². The molecule has 0 saturated carbocycles. The first kappa shape index (κ1) is 13.1. The van der Waals surface area contributed by atoms with Crippen LogP contribution in [0.3, 0.4) is 0 Å². The molecule has 0 spiro atoms. The molecule has 1 fully saturated rings. The van der Waals surface area contributed by atoms with Gasteiger partial charge >= 0.3 is 0 Å². The van der Waals surface area contributed by atoms with E-state index in [0.717, 1.165) is 36.5 Å². The lowest BCUT2D eigenvalue weighted by Gasteiger charge is -2.37. The molecule has 0 unspecified atom stereocenters. The van der Waals surface area contributed by atoms with Crippen molar-refractivity contribution in [2.75, 3.05) is 25.0 Å². The van der Waals surface area contributed by atoms with E-state index < -0.39 is 0 Å². The predicted octanol–water partition coefficient (Wildman–Crippen LogP) is 2.27. The van der Waals surface area contributed by atoms with Crippen LogP contribution < -0.4 is 5.32 Å². The third-order valence-electron chi connectivity index (χ3n) is 4.11. The van der Waals surface area contributed by atoms with Crippen LogP contribution in [-0.2, 0) is 0 Å². The molecule has 1 aliphatic rings. The molecule has 1 saturated heterocycles. The number of fused-ring (bicyclic) bond motifs is 1. The molecule has 0 aliphatic carbocycles. The third kappa shape index (κ3) is 2.54. The number of nitrogens with zero attached hydrogens (tertiary/aromatic N) is 3. The summed E-state index contributed by atoms with van der Waals surface area (Å²) in [6, 6.07) is 2.43. The second-order valence-corrected chi connectivity index (χ2v) is 5.53. The van der Waals surface area contributed by atoms with E-state index in [-0.39, 0.29) is 0 Å². The van der Waals surface area contributed by atoms with Crippen molar-refractivity contribution in [2.45, 2.75) is 19.4 Å². The van der Waals surface area contributed by atoms with Gasteiger partial charge in [0.15, 0.2) is 0 Å². The molecule has 0 aromatic carbocycles. The van der Waals surface area contributed by atoms with E-state index in [0.29, 0.717) is 12.0 Å². The monoisotopic (exact) mass is 271 g/mol. The minimum absolute atomic E-state index is 0.414. The van der Waals surface area contributed by atoms with E-state index in [2.05, 4.69) is 38.7 Å². The summed E-state index contributed by atoms with van der Waals surface area (Å²) in [5.74, 6) is 1.56. The number of likely N-dealkylation sites (tertiary alicyclic amines) is 1. The molecule has 0 amide bonds. The van der Waals surface area contributed by atoms with Gasteiger partial charge in [-0.2, -0.15) is 0 Å². The van der Waals surface area contributed by atoms with Gasteiger partial charge in [0.2, 0.25) is 0 Å². The van der Waals surface area contributed by atoms with Gasteiger partial charge in [0.1, 0.15) is 17.8 Å². The van der Waals surface area contributed by atoms with Crippen LogP contribution in [0.4, 0.5) is 5.82 Å². The number of aromatic amines is 1. The van der Waals surface area contributed by atoms with Gasteiger partial charge in [-0.15, -0.1) is 6.58 Å². The summed E-state index contributed by atoms with van der Waals surface area (Å²) >= 11 is 0. The van der Waals surface area contributed by atoms with Crippen molar-refractivity contribution in [2.24, 2.45) is 5.92 Å². The van der Waals surface area contributed by atoms with Crippen molar-refractivity contribution in [1.29, 1.82) is 0 Å². The molecule has 0 bridgehead atoms. The summed E-state index contributed by atoms with van der Waals surface area (Å²) in [5.41, 5.74) is 0.883. The summed E-state index contributed by atoms with van der Waals surface area (Å²) in [5, 5.41) is 4.66. The van der Waals surface area contributed by atoms with Crippen LogP contribution in [0.25, 0.3) is 11.0 Å². The average molecular weight is 271 g/mol. The Balaban J connectivity index is 1.78. The number of hydrogen-bond donors (Lipinski definition) is 2. The zero-order valence-corrected chi connectivity index (χ0v) is 11.8. The van der Waals surface area contributed by atoms with Gasteiger partial charge in [-0.1, -0.05) is 13.0 Å². The zero-order chi connectivity index (χ0) is 13.9. The molecule has 5 heteroatoms. The van der Waals surface area contributed by atoms with Crippen molar-refractivity contribution in [1.82, 2.24) is 19.9 Å². The predicted molar refractivity (Wildman–Crippen MR) is 81.7 cm³/mol. The summed E-state index contributed by atoms with van der Waals surface area (Å²) in [6.07, 6.45) is 6.68. The Morgan fingerprint density at radius 1 is 1.55 bits per heavy atom. The number of aromatic nitrogens is 3. The molecule has 20 heavy (non-hydrogen) atoms. The van der Waals surface area contributed by atoms with Crippen LogP contribution in [0.5, 0.6) is 0 Å². The lowest BCUT2D eigenvalue weighted by atomic mass is 9.93. The first-order chi connectivity index (χ1) is 9.78. The van der Waals surface area contributed by atoms with Gasteiger partial charge in [-0.3, -0.25) is 4.90 Å². The quantitative estimate of drug-likeness (QED) is 0.838. The van der Waals surface area contributed by atoms with Crippen LogP contribution >= 0.6 is 0 Å². The Bertz CT molecular complexity index is 591. The van der Waals surface area contributed by atoms with E-state index in [4.69, 9.17) is 0 Å². The van der Waals surface area contributed by atoms with Gasteiger partial charge in [0.05, 0.1) is 5.39 Å². The Morgan fingerprint density at radius 3 is 3.30 bits per heavy atom. The topological polar surface area (TPSA) is 56.8 Å². The van der Waals surface area contributed by atoms with Crippen molar-refractivity contribution < 1.29 is 0 Å². The molecule has 2 atom stereocenters. The molecule has 3 heterocycles. The Hall–Kier alpha value is -1.88. The minimum atomic E-state index is 0.414. The molecule has 2 N–H and O–H groups in total. The molecule has 5 nitrogen and oxygen atoms in total. The highest BCUT2D eigenvalue weighted by Crippen LogP contribution is 2.24. The summed E-state index contributed by atoms with van der Waals surface area (Å²) < 4.78 is 0. The van der Waals surface area contributed by atoms with Crippen molar-refractivity contribution >= 4 is 16.9 Å². The first-order valence-electron chi connectivity index (χ1n) is 7.16. The highest BCUT2D eigenvalue weighted by atomic mass is 15.2.